The van der Waals surface area contributed by atoms with Gasteiger partial charge in [0.25, 0.3) is 0 Å². The van der Waals surface area contributed by atoms with Crippen LogP contribution in [-0.2, 0) is 6.54 Å². The second kappa shape index (κ2) is 6.39. The molecule has 0 amide bonds. The van der Waals surface area contributed by atoms with Crippen molar-refractivity contribution in [3.8, 4) is 0 Å². The van der Waals surface area contributed by atoms with Crippen LogP contribution in [-0.4, -0.2) is 40.8 Å². The second-order valence-electron chi connectivity index (χ2n) is 5.07. The van der Waals surface area contributed by atoms with Crippen molar-refractivity contribution >= 4 is 17.4 Å². The van der Waals surface area contributed by atoms with Gasteiger partial charge < -0.3 is 9.47 Å². The van der Waals surface area contributed by atoms with Gasteiger partial charge in [0.15, 0.2) is 5.78 Å². The number of Topliss-reactive ketones (excluding diaryl/α,β-unsaturated/α-hetero) is 1. The second-order valence-corrected chi connectivity index (χ2v) is 5.33. The number of halogens is 1. The van der Waals surface area contributed by atoms with Crippen LogP contribution in [0.4, 0.5) is 0 Å². The number of hydrogen-bond acceptors (Lipinski definition) is 2. The Morgan fingerprint density at radius 3 is 2.56 bits per heavy atom. The molecular weight excluding hydrogens is 248 g/mol. The van der Waals surface area contributed by atoms with E-state index in [9.17, 15) is 4.79 Å². The number of aromatic nitrogens is 1. The van der Waals surface area contributed by atoms with E-state index in [2.05, 4.69) is 30.4 Å². The molecule has 0 saturated carbocycles. The van der Waals surface area contributed by atoms with Crippen molar-refractivity contribution in [2.24, 2.45) is 0 Å². The summed E-state index contributed by atoms with van der Waals surface area (Å²) >= 11 is 5.62. The Balaban J connectivity index is 2.84. The van der Waals surface area contributed by atoms with Crippen LogP contribution in [0.1, 0.15) is 35.6 Å². The highest BCUT2D eigenvalue weighted by Crippen LogP contribution is 2.16. The number of carbonyl (C=O) groups excluding carboxylic acids is 1. The third-order valence-electron chi connectivity index (χ3n) is 3.55. The molecule has 4 heteroatoms. The summed E-state index contributed by atoms with van der Waals surface area (Å²) < 4.78 is 2.19. The van der Waals surface area contributed by atoms with Gasteiger partial charge in [0.2, 0.25) is 0 Å². The number of alkyl halides is 1. The zero-order valence-corrected chi connectivity index (χ0v) is 12.7. The van der Waals surface area contributed by atoms with E-state index in [1.807, 2.05) is 19.9 Å². The lowest BCUT2D eigenvalue weighted by Gasteiger charge is -2.22. The number of ketones is 1. The van der Waals surface area contributed by atoms with Gasteiger partial charge in [0.05, 0.1) is 5.88 Å². The molecule has 1 aromatic rings. The minimum Gasteiger partial charge on any atom is -0.347 e. The van der Waals surface area contributed by atoms with Crippen LogP contribution in [0.2, 0.25) is 0 Å². The van der Waals surface area contributed by atoms with E-state index < -0.39 is 0 Å². The van der Waals surface area contributed by atoms with Gasteiger partial charge in [0, 0.05) is 36.1 Å². The van der Waals surface area contributed by atoms with Crippen molar-refractivity contribution in [2.75, 3.05) is 19.5 Å². The molecule has 102 valence electrons. The molecule has 1 rings (SSSR count). The predicted octanol–water partition coefficient (Wildman–Crippen LogP) is 2.87. The molecule has 1 aromatic heterocycles. The highest BCUT2D eigenvalue weighted by atomic mass is 35.5. The monoisotopic (exact) mass is 270 g/mol. The van der Waals surface area contributed by atoms with Crippen LogP contribution >= 0.6 is 11.6 Å². The fraction of sp³-hybridized carbons (Fsp3) is 0.643. The van der Waals surface area contributed by atoms with Crippen LogP contribution in [0, 0.1) is 13.8 Å². The summed E-state index contributed by atoms with van der Waals surface area (Å²) in [4.78, 5) is 14.0. The minimum atomic E-state index is 0.00762. The van der Waals surface area contributed by atoms with E-state index in [-0.39, 0.29) is 11.7 Å². The molecular formula is C14H23ClN2O. The van der Waals surface area contributed by atoms with E-state index in [1.165, 1.54) is 0 Å². The molecule has 1 heterocycles. The molecule has 3 nitrogen and oxygen atoms in total. The quantitative estimate of drug-likeness (QED) is 0.587. The highest BCUT2D eigenvalue weighted by molar-refractivity contribution is 6.30. The summed E-state index contributed by atoms with van der Waals surface area (Å²) in [6, 6.07) is 2.47. The van der Waals surface area contributed by atoms with Crippen LogP contribution in [0.3, 0.4) is 0 Å². The van der Waals surface area contributed by atoms with E-state index in [0.29, 0.717) is 6.04 Å². The molecule has 0 saturated heterocycles. The van der Waals surface area contributed by atoms with Gasteiger partial charge in [0.1, 0.15) is 0 Å². The van der Waals surface area contributed by atoms with E-state index in [0.717, 1.165) is 30.0 Å². The fourth-order valence-corrected chi connectivity index (χ4v) is 2.16. The fourth-order valence-electron chi connectivity index (χ4n) is 2.02. The van der Waals surface area contributed by atoms with Crippen LogP contribution in [0.5, 0.6) is 0 Å². The Hall–Kier alpha value is -0.800. The van der Waals surface area contributed by atoms with E-state index >= 15 is 0 Å². The largest absolute Gasteiger partial charge is 0.347 e. The maximum atomic E-state index is 11.7. The average molecular weight is 271 g/mol. The summed E-state index contributed by atoms with van der Waals surface area (Å²) in [5.41, 5.74) is 2.91. The van der Waals surface area contributed by atoms with Crippen LogP contribution < -0.4 is 0 Å². The van der Waals surface area contributed by atoms with Crippen LogP contribution in [0.25, 0.3) is 0 Å². The first-order valence-corrected chi connectivity index (χ1v) is 6.88. The number of hydrogen-bond donors (Lipinski definition) is 0. The lowest BCUT2D eigenvalue weighted by Crippen LogP contribution is -2.30. The predicted molar refractivity (Wildman–Crippen MR) is 76.7 cm³/mol. The number of carbonyl (C=O) groups is 1. The van der Waals surface area contributed by atoms with Crippen molar-refractivity contribution in [1.29, 1.82) is 0 Å². The van der Waals surface area contributed by atoms with Gasteiger partial charge in [-0.05, 0) is 40.8 Å². The molecule has 0 aliphatic rings. The number of nitrogens with zero attached hydrogens (tertiary/aromatic N) is 2. The Labute approximate surface area is 115 Å². The normalized spacial score (nSPS) is 11.6. The third-order valence-corrected chi connectivity index (χ3v) is 3.80. The van der Waals surface area contributed by atoms with Crippen molar-refractivity contribution < 1.29 is 4.79 Å². The molecule has 18 heavy (non-hydrogen) atoms. The Bertz CT molecular complexity index is 424. The van der Waals surface area contributed by atoms with Crippen molar-refractivity contribution in [1.82, 2.24) is 9.47 Å². The first-order valence-electron chi connectivity index (χ1n) is 6.34. The molecule has 0 atom stereocenters. The first-order chi connectivity index (χ1) is 8.38. The molecule has 0 spiro atoms. The molecule has 0 bridgehead atoms. The summed E-state index contributed by atoms with van der Waals surface area (Å²) in [6.07, 6.45) is 0. The van der Waals surface area contributed by atoms with Gasteiger partial charge in [-0.1, -0.05) is 0 Å². The number of likely N-dealkylation sites (N-methyl/N-ethyl adjacent to an activating group) is 1. The molecule has 0 fully saturated rings. The molecule has 0 N–H and O–H groups in total. The average Bonchev–Trinajstić information content (AvgIpc) is 2.61. The number of rotatable bonds is 6. The molecule has 0 aliphatic heterocycles. The summed E-state index contributed by atoms with van der Waals surface area (Å²) in [7, 11) is 2.11. The van der Waals surface area contributed by atoms with Crippen molar-refractivity contribution in [3.05, 3.63) is 23.0 Å². The Morgan fingerprint density at radius 1 is 1.44 bits per heavy atom. The standard InChI is InChI=1S/C14H23ClN2O/c1-10(2)16(5)6-7-17-11(3)8-13(12(17)4)14(18)9-15/h8,10H,6-7,9H2,1-5H3. The molecule has 0 aromatic carbocycles. The van der Waals surface area contributed by atoms with Gasteiger partial charge in [-0.2, -0.15) is 0 Å². The van der Waals surface area contributed by atoms with Crippen LogP contribution in [0.15, 0.2) is 6.07 Å². The molecule has 0 unspecified atom stereocenters. The minimum absolute atomic E-state index is 0.00762. The summed E-state index contributed by atoms with van der Waals surface area (Å²) in [6.45, 7) is 10.3. The maximum Gasteiger partial charge on any atom is 0.179 e. The van der Waals surface area contributed by atoms with Gasteiger partial charge >= 0.3 is 0 Å². The van der Waals surface area contributed by atoms with Gasteiger partial charge in [-0.15, -0.1) is 11.6 Å². The van der Waals surface area contributed by atoms with Crippen molar-refractivity contribution in [3.63, 3.8) is 0 Å². The SMILES string of the molecule is Cc1cc(C(=O)CCl)c(C)n1CCN(C)C(C)C. The topological polar surface area (TPSA) is 25.2 Å². The first kappa shape index (κ1) is 15.3. The smallest absolute Gasteiger partial charge is 0.179 e. The van der Waals surface area contributed by atoms with Gasteiger partial charge in [-0.25, -0.2) is 0 Å². The highest BCUT2D eigenvalue weighted by Gasteiger charge is 2.15. The number of aryl methyl sites for hydroxylation is 1. The molecule has 0 aliphatic carbocycles. The zero-order chi connectivity index (χ0) is 13.9. The van der Waals surface area contributed by atoms with E-state index in [4.69, 9.17) is 11.6 Å². The van der Waals surface area contributed by atoms with E-state index in [1.54, 1.807) is 0 Å². The molecule has 0 radical (unpaired) electrons. The lowest BCUT2D eigenvalue weighted by molar-refractivity contribution is 0.102. The third kappa shape index (κ3) is 3.36. The van der Waals surface area contributed by atoms with Crippen molar-refractivity contribution in [2.45, 2.75) is 40.3 Å². The Morgan fingerprint density at radius 2 is 2.06 bits per heavy atom. The maximum absolute atomic E-state index is 11.7. The summed E-state index contributed by atoms with van der Waals surface area (Å²) in [5, 5.41) is 0. The Kier molecular flexibility index (Phi) is 5.42. The lowest BCUT2D eigenvalue weighted by atomic mass is 10.2. The summed E-state index contributed by atoms with van der Waals surface area (Å²) in [5.74, 6) is 0.0594. The zero-order valence-electron chi connectivity index (χ0n) is 12.0. The van der Waals surface area contributed by atoms with Gasteiger partial charge in [-0.3, -0.25) is 4.79 Å².